The molecular formula is C15H16ClN3O3. The second-order valence-corrected chi connectivity index (χ2v) is 4.84. The number of anilines is 1. The van der Waals surface area contributed by atoms with Crippen molar-refractivity contribution >= 4 is 23.5 Å². The van der Waals surface area contributed by atoms with E-state index in [0.29, 0.717) is 22.2 Å². The Hall–Kier alpha value is -2.34. The third-order valence-corrected chi connectivity index (χ3v) is 3.17. The summed E-state index contributed by atoms with van der Waals surface area (Å²) < 4.78 is 10.6. The molecule has 0 bridgehead atoms. The van der Waals surface area contributed by atoms with Crippen LogP contribution in [0.15, 0.2) is 24.3 Å². The molecule has 0 spiro atoms. The number of esters is 1. The number of nitrogens with two attached hydrogens (primary N) is 1. The predicted molar refractivity (Wildman–Crippen MR) is 82.9 cm³/mol. The molecule has 2 rings (SSSR count). The first-order valence-electron chi connectivity index (χ1n) is 6.70. The zero-order chi connectivity index (χ0) is 16.1. The maximum atomic E-state index is 12.1. The lowest BCUT2D eigenvalue weighted by Crippen LogP contribution is -2.16. The smallest absolute Gasteiger partial charge is 0.341 e. The summed E-state index contributed by atoms with van der Waals surface area (Å²) in [5.41, 5.74) is 6.72. The first-order chi connectivity index (χ1) is 10.5. The number of nitrogen functional groups attached to an aromatic ring is 1. The van der Waals surface area contributed by atoms with Crippen molar-refractivity contribution < 1.29 is 14.3 Å². The zero-order valence-electron chi connectivity index (χ0n) is 12.3. The Morgan fingerprint density at radius 2 is 2.05 bits per heavy atom. The number of nitrogens with zero attached hydrogens (tertiary/aromatic N) is 2. The normalized spacial score (nSPS) is 10.3. The topological polar surface area (TPSA) is 87.3 Å². The number of benzene rings is 1. The van der Waals surface area contributed by atoms with Gasteiger partial charge in [0.05, 0.1) is 23.0 Å². The van der Waals surface area contributed by atoms with Crippen LogP contribution in [-0.4, -0.2) is 22.5 Å². The standard InChI is InChI=1S/C15H16ClN3O3/c1-3-21-14(20)13-9(2)18-15(17)19-11(13)8-22-12-7-5-4-6-10(12)16/h4-7H,3,8H2,1-2H3,(H2,17,18,19). The summed E-state index contributed by atoms with van der Waals surface area (Å²) in [5, 5.41) is 0.471. The van der Waals surface area contributed by atoms with Crippen LogP contribution in [0.2, 0.25) is 5.02 Å². The minimum absolute atomic E-state index is 0.0332. The van der Waals surface area contributed by atoms with Crippen LogP contribution in [0.5, 0.6) is 5.75 Å². The van der Waals surface area contributed by atoms with E-state index in [2.05, 4.69) is 9.97 Å². The molecule has 7 heteroatoms. The highest BCUT2D eigenvalue weighted by molar-refractivity contribution is 6.32. The molecule has 2 aromatic rings. The fraction of sp³-hybridized carbons (Fsp3) is 0.267. The maximum Gasteiger partial charge on any atom is 0.341 e. The largest absolute Gasteiger partial charge is 0.486 e. The Kier molecular flexibility index (Phi) is 5.16. The zero-order valence-corrected chi connectivity index (χ0v) is 13.1. The Labute approximate surface area is 133 Å². The van der Waals surface area contributed by atoms with Gasteiger partial charge in [-0.15, -0.1) is 0 Å². The fourth-order valence-electron chi connectivity index (χ4n) is 1.94. The van der Waals surface area contributed by atoms with Gasteiger partial charge in [0, 0.05) is 0 Å². The third kappa shape index (κ3) is 3.65. The van der Waals surface area contributed by atoms with Crippen molar-refractivity contribution in [2.45, 2.75) is 20.5 Å². The molecule has 116 valence electrons. The van der Waals surface area contributed by atoms with Crippen LogP contribution in [0.1, 0.15) is 28.7 Å². The van der Waals surface area contributed by atoms with Gasteiger partial charge in [-0.05, 0) is 26.0 Å². The molecule has 0 amide bonds. The second kappa shape index (κ2) is 7.09. The van der Waals surface area contributed by atoms with E-state index in [1.54, 1.807) is 38.1 Å². The molecule has 0 aliphatic carbocycles. The Morgan fingerprint density at radius 3 is 2.73 bits per heavy atom. The quantitative estimate of drug-likeness (QED) is 0.852. The van der Waals surface area contributed by atoms with Crippen LogP contribution >= 0.6 is 11.6 Å². The second-order valence-electron chi connectivity index (χ2n) is 4.43. The summed E-state index contributed by atoms with van der Waals surface area (Å²) in [4.78, 5) is 20.1. The molecule has 0 fully saturated rings. The number of hydrogen-bond donors (Lipinski definition) is 1. The van der Waals surface area contributed by atoms with Crippen LogP contribution in [-0.2, 0) is 11.3 Å². The fourth-order valence-corrected chi connectivity index (χ4v) is 2.13. The summed E-state index contributed by atoms with van der Waals surface area (Å²) in [6, 6.07) is 7.03. The lowest BCUT2D eigenvalue weighted by Gasteiger charge is -2.12. The predicted octanol–water partition coefficient (Wildman–Crippen LogP) is 2.78. The Morgan fingerprint density at radius 1 is 1.32 bits per heavy atom. The number of carbonyl (C=O) groups excluding carboxylic acids is 1. The van der Waals surface area contributed by atoms with Crippen molar-refractivity contribution in [1.82, 2.24) is 9.97 Å². The first kappa shape index (κ1) is 16.0. The molecule has 1 heterocycles. The van der Waals surface area contributed by atoms with Crippen LogP contribution in [0.25, 0.3) is 0 Å². The van der Waals surface area contributed by atoms with E-state index < -0.39 is 5.97 Å². The van der Waals surface area contributed by atoms with Crippen molar-refractivity contribution in [3.63, 3.8) is 0 Å². The SMILES string of the molecule is CCOC(=O)c1c(C)nc(N)nc1COc1ccccc1Cl. The molecule has 6 nitrogen and oxygen atoms in total. The van der Waals surface area contributed by atoms with Crippen LogP contribution < -0.4 is 10.5 Å². The molecule has 0 aliphatic heterocycles. The van der Waals surface area contributed by atoms with Crippen molar-refractivity contribution in [3.05, 3.63) is 46.2 Å². The first-order valence-corrected chi connectivity index (χ1v) is 7.08. The average Bonchev–Trinajstić information content (AvgIpc) is 2.46. The van der Waals surface area contributed by atoms with E-state index in [9.17, 15) is 4.79 Å². The maximum absolute atomic E-state index is 12.1. The molecule has 0 aliphatic rings. The molecule has 2 N–H and O–H groups in total. The van der Waals surface area contributed by atoms with Gasteiger partial charge in [0.1, 0.15) is 17.9 Å². The molecule has 1 aromatic carbocycles. The number of halogens is 1. The number of hydrogen-bond acceptors (Lipinski definition) is 6. The van der Waals surface area contributed by atoms with Crippen molar-refractivity contribution in [3.8, 4) is 5.75 Å². The van der Waals surface area contributed by atoms with E-state index in [1.807, 2.05) is 0 Å². The van der Waals surface area contributed by atoms with E-state index in [0.717, 1.165) is 0 Å². The number of rotatable bonds is 5. The van der Waals surface area contributed by atoms with Gasteiger partial charge in [0.2, 0.25) is 5.95 Å². The minimum Gasteiger partial charge on any atom is -0.486 e. The van der Waals surface area contributed by atoms with Crippen LogP contribution in [0.3, 0.4) is 0 Å². The lowest BCUT2D eigenvalue weighted by molar-refractivity contribution is 0.0521. The minimum atomic E-state index is -0.502. The number of ether oxygens (including phenoxy) is 2. The van der Waals surface area contributed by atoms with Gasteiger partial charge in [0.25, 0.3) is 0 Å². The average molecular weight is 322 g/mol. The highest BCUT2D eigenvalue weighted by atomic mass is 35.5. The van der Waals surface area contributed by atoms with E-state index >= 15 is 0 Å². The molecule has 0 saturated heterocycles. The van der Waals surface area contributed by atoms with E-state index in [-0.39, 0.29) is 24.7 Å². The van der Waals surface area contributed by atoms with E-state index in [4.69, 9.17) is 26.8 Å². The number of para-hydroxylation sites is 1. The monoisotopic (exact) mass is 321 g/mol. The summed E-state index contributed by atoms with van der Waals surface area (Å²) in [7, 11) is 0. The van der Waals surface area contributed by atoms with Crippen molar-refractivity contribution in [1.29, 1.82) is 0 Å². The number of aromatic nitrogens is 2. The number of aryl methyl sites for hydroxylation is 1. The third-order valence-electron chi connectivity index (χ3n) is 2.86. The highest BCUT2D eigenvalue weighted by Gasteiger charge is 2.20. The van der Waals surface area contributed by atoms with Gasteiger partial charge in [-0.25, -0.2) is 14.8 Å². The summed E-state index contributed by atoms with van der Waals surface area (Å²) in [6.07, 6.45) is 0. The van der Waals surface area contributed by atoms with E-state index in [1.165, 1.54) is 0 Å². The number of carbonyl (C=O) groups is 1. The van der Waals surface area contributed by atoms with Gasteiger partial charge >= 0.3 is 5.97 Å². The Balaban J connectivity index is 2.29. The molecular weight excluding hydrogens is 306 g/mol. The van der Waals surface area contributed by atoms with Gasteiger partial charge in [0.15, 0.2) is 0 Å². The van der Waals surface area contributed by atoms with Crippen molar-refractivity contribution in [2.24, 2.45) is 0 Å². The van der Waals surface area contributed by atoms with Gasteiger partial charge in [-0.1, -0.05) is 23.7 Å². The van der Waals surface area contributed by atoms with Gasteiger partial charge in [-0.2, -0.15) is 0 Å². The van der Waals surface area contributed by atoms with Crippen LogP contribution in [0.4, 0.5) is 5.95 Å². The summed E-state index contributed by atoms with van der Waals surface area (Å²) in [5.74, 6) is 0.0647. The summed E-state index contributed by atoms with van der Waals surface area (Å²) in [6.45, 7) is 3.69. The molecule has 1 aromatic heterocycles. The summed E-state index contributed by atoms with van der Waals surface area (Å²) >= 11 is 6.03. The molecule has 0 unspecified atom stereocenters. The highest BCUT2D eigenvalue weighted by Crippen LogP contribution is 2.25. The van der Waals surface area contributed by atoms with Gasteiger partial charge < -0.3 is 15.2 Å². The molecule has 0 atom stereocenters. The lowest BCUT2D eigenvalue weighted by atomic mass is 10.1. The van der Waals surface area contributed by atoms with Crippen LogP contribution in [0, 0.1) is 6.92 Å². The molecule has 0 radical (unpaired) electrons. The Bertz CT molecular complexity index is 692. The molecule has 0 saturated carbocycles. The van der Waals surface area contributed by atoms with Gasteiger partial charge in [-0.3, -0.25) is 0 Å². The molecule has 22 heavy (non-hydrogen) atoms. The van der Waals surface area contributed by atoms with Crippen molar-refractivity contribution in [2.75, 3.05) is 12.3 Å².